The molecule has 162 valence electrons. The van der Waals surface area contributed by atoms with E-state index in [0.29, 0.717) is 0 Å². The maximum Gasteiger partial charge on any atom is 0.317 e. The van der Waals surface area contributed by atoms with Crippen molar-refractivity contribution >= 4 is 23.5 Å². The van der Waals surface area contributed by atoms with Crippen LogP contribution in [-0.4, -0.2) is 33.9 Å². The van der Waals surface area contributed by atoms with Gasteiger partial charge in [-0.1, -0.05) is 12.1 Å². The van der Waals surface area contributed by atoms with Crippen LogP contribution in [0.4, 0.5) is 5.82 Å². The maximum absolute atomic E-state index is 13.5. The largest absolute Gasteiger partial charge is 0.507 e. The number of esters is 1. The first kappa shape index (κ1) is 22.1. The van der Waals surface area contributed by atoms with Crippen LogP contribution in [0.3, 0.4) is 0 Å². The number of fused-ring (bicyclic) bond motifs is 1. The molecule has 0 bridgehead atoms. The average molecular weight is 423 g/mol. The third-order valence-corrected chi connectivity index (χ3v) is 5.58. The highest BCUT2D eigenvalue weighted by molar-refractivity contribution is 6.20. The molecule has 2 heterocycles. The monoisotopic (exact) mass is 423 g/mol. The fraction of sp³-hybridized carbons (Fsp3) is 0.391. The predicted molar refractivity (Wildman–Crippen MR) is 113 cm³/mol. The summed E-state index contributed by atoms with van der Waals surface area (Å²) in [6.45, 7) is 8.77. The molecule has 2 N–H and O–H groups in total. The third kappa shape index (κ3) is 3.36. The lowest BCUT2D eigenvalue weighted by Crippen LogP contribution is -2.54. The van der Waals surface area contributed by atoms with Crippen LogP contribution in [0.1, 0.15) is 56.1 Å². The number of amides is 1. The molecule has 1 aliphatic rings. The second-order valence-electron chi connectivity index (χ2n) is 8.65. The van der Waals surface area contributed by atoms with Gasteiger partial charge in [0, 0.05) is 17.3 Å². The van der Waals surface area contributed by atoms with Gasteiger partial charge in [0.2, 0.25) is 5.91 Å². The van der Waals surface area contributed by atoms with Crippen LogP contribution in [0.15, 0.2) is 30.5 Å². The Labute approximate surface area is 180 Å². The van der Waals surface area contributed by atoms with E-state index in [2.05, 4.69) is 11.4 Å². The van der Waals surface area contributed by atoms with Gasteiger partial charge < -0.3 is 19.7 Å². The Hall–Kier alpha value is -3.60. The molecule has 0 aliphatic carbocycles. The van der Waals surface area contributed by atoms with Gasteiger partial charge in [0.25, 0.3) is 0 Å². The zero-order valence-electron chi connectivity index (χ0n) is 18.1. The fourth-order valence-corrected chi connectivity index (χ4v) is 4.08. The van der Waals surface area contributed by atoms with Gasteiger partial charge in [0.1, 0.15) is 29.0 Å². The van der Waals surface area contributed by atoms with Crippen LogP contribution in [0.25, 0.3) is 0 Å². The van der Waals surface area contributed by atoms with Crippen molar-refractivity contribution in [2.75, 3.05) is 11.9 Å². The quantitative estimate of drug-likeness (QED) is 0.443. The summed E-state index contributed by atoms with van der Waals surface area (Å²) in [6.07, 6.45) is 1.56. The summed E-state index contributed by atoms with van der Waals surface area (Å²) in [6, 6.07) is 7.90. The first-order valence-corrected chi connectivity index (χ1v) is 9.95. The lowest BCUT2D eigenvalue weighted by molar-refractivity contribution is -0.153. The zero-order valence-corrected chi connectivity index (χ0v) is 18.1. The Morgan fingerprint density at radius 3 is 2.52 bits per heavy atom. The first-order valence-electron chi connectivity index (χ1n) is 9.95. The molecule has 0 saturated heterocycles. The van der Waals surface area contributed by atoms with Crippen LogP contribution in [-0.2, 0) is 25.3 Å². The SMILES string of the molecule is CCOC(=O)C1(C)c2c(C#N)cn(C(C)(C)C)c2NC(=O)C1C(=O)c1ccccc1O. The van der Waals surface area contributed by atoms with Crippen LogP contribution in [0.5, 0.6) is 5.75 Å². The number of hydrogen-bond donors (Lipinski definition) is 2. The number of para-hydroxylation sites is 1. The molecule has 8 heteroatoms. The molecule has 3 rings (SSSR count). The average Bonchev–Trinajstić information content (AvgIpc) is 3.07. The van der Waals surface area contributed by atoms with Crippen molar-refractivity contribution < 1.29 is 24.2 Å². The number of carbonyl (C=O) groups excluding carboxylic acids is 3. The van der Waals surface area contributed by atoms with E-state index in [-0.39, 0.29) is 34.9 Å². The van der Waals surface area contributed by atoms with Crippen LogP contribution < -0.4 is 5.32 Å². The number of carbonyl (C=O) groups is 3. The Kier molecular flexibility index (Phi) is 5.40. The normalized spacial score (nSPS) is 20.4. The number of aromatic nitrogens is 1. The minimum absolute atomic E-state index is 0.0325. The minimum atomic E-state index is -1.77. The highest BCUT2D eigenvalue weighted by atomic mass is 16.5. The van der Waals surface area contributed by atoms with E-state index in [0.717, 1.165) is 0 Å². The van der Waals surface area contributed by atoms with Gasteiger partial charge in [-0.25, -0.2) is 0 Å². The second kappa shape index (κ2) is 7.58. The van der Waals surface area contributed by atoms with Gasteiger partial charge in [-0.15, -0.1) is 0 Å². The highest BCUT2D eigenvalue weighted by Crippen LogP contribution is 2.48. The standard InChI is InChI=1S/C23H25N3O5/c1-6-31-21(30)23(5)16-13(11-24)12-26(22(2,3)4)19(16)25-20(29)17(23)18(28)14-9-7-8-10-15(14)27/h7-10,12,17,27H,6H2,1-5H3,(H,25,29). The number of Topliss-reactive ketones (excluding diaryl/α,β-unsaturated/α-hetero) is 1. The molecule has 1 aromatic carbocycles. The van der Waals surface area contributed by atoms with Crippen molar-refractivity contribution in [3.05, 3.63) is 47.2 Å². The molecule has 1 aliphatic heterocycles. The number of benzene rings is 1. The van der Waals surface area contributed by atoms with Crippen LogP contribution in [0, 0.1) is 17.2 Å². The van der Waals surface area contributed by atoms with E-state index in [1.54, 1.807) is 29.8 Å². The molecule has 2 atom stereocenters. The van der Waals surface area contributed by atoms with E-state index in [1.807, 2.05) is 20.8 Å². The van der Waals surface area contributed by atoms with Gasteiger partial charge in [-0.05, 0) is 46.8 Å². The number of anilines is 1. The van der Waals surface area contributed by atoms with E-state index >= 15 is 0 Å². The van der Waals surface area contributed by atoms with Gasteiger partial charge in [-0.2, -0.15) is 5.26 Å². The van der Waals surface area contributed by atoms with Gasteiger partial charge in [0.15, 0.2) is 5.78 Å². The number of nitrogens with one attached hydrogen (secondary N) is 1. The first-order chi connectivity index (χ1) is 14.5. The number of phenols is 1. The van der Waals surface area contributed by atoms with Gasteiger partial charge in [0.05, 0.1) is 17.7 Å². The van der Waals surface area contributed by atoms with E-state index in [4.69, 9.17) is 4.74 Å². The molecule has 0 fully saturated rings. The number of hydrogen-bond acceptors (Lipinski definition) is 6. The summed E-state index contributed by atoms with van der Waals surface area (Å²) < 4.78 is 6.98. The van der Waals surface area contributed by atoms with Crippen molar-refractivity contribution in [2.24, 2.45) is 5.92 Å². The number of nitriles is 1. The van der Waals surface area contributed by atoms with Crippen molar-refractivity contribution in [3.63, 3.8) is 0 Å². The number of ether oxygens (including phenoxy) is 1. The Bertz CT molecular complexity index is 1120. The summed E-state index contributed by atoms with van der Waals surface area (Å²) in [5.74, 6) is -3.78. The van der Waals surface area contributed by atoms with Crippen molar-refractivity contribution in [2.45, 2.75) is 45.6 Å². The smallest absolute Gasteiger partial charge is 0.317 e. The number of nitrogens with zero attached hydrogens (tertiary/aromatic N) is 2. The summed E-state index contributed by atoms with van der Waals surface area (Å²) in [5, 5.41) is 22.7. The Morgan fingerprint density at radius 2 is 1.97 bits per heavy atom. The number of phenolic OH excluding ortho intramolecular Hbond substituents is 1. The van der Waals surface area contributed by atoms with E-state index < -0.39 is 34.5 Å². The van der Waals surface area contributed by atoms with E-state index in [1.165, 1.54) is 19.1 Å². The Balaban J connectivity index is 2.33. The lowest BCUT2D eigenvalue weighted by atomic mass is 9.66. The summed E-state index contributed by atoms with van der Waals surface area (Å²) in [5.41, 5.74) is -1.98. The minimum Gasteiger partial charge on any atom is -0.507 e. The third-order valence-electron chi connectivity index (χ3n) is 5.58. The lowest BCUT2D eigenvalue weighted by Gasteiger charge is -2.39. The van der Waals surface area contributed by atoms with Crippen molar-refractivity contribution in [1.82, 2.24) is 4.57 Å². The summed E-state index contributed by atoms with van der Waals surface area (Å²) >= 11 is 0. The number of aromatic hydroxyl groups is 1. The molecule has 0 spiro atoms. The second-order valence-corrected chi connectivity index (χ2v) is 8.65. The predicted octanol–water partition coefficient (Wildman–Crippen LogP) is 3.09. The summed E-state index contributed by atoms with van der Waals surface area (Å²) in [4.78, 5) is 40.0. The molecule has 2 unspecified atom stereocenters. The topological polar surface area (TPSA) is 121 Å². The molecule has 1 amide bonds. The molecule has 8 nitrogen and oxygen atoms in total. The summed E-state index contributed by atoms with van der Waals surface area (Å²) in [7, 11) is 0. The highest BCUT2D eigenvalue weighted by Gasteiger charge is 2.58. The molecular formula is C23H25N3O5. The molecule has 2 aromatic rings. The van der Waals surface area contributed by atoms with E-state index in [9.17, 15) is 24.8 Å². The molecule has 0 saturated carbocycles. The van der Waals surface area contributed by atoms with Crippen LogP contribution >= 0.6 is 0 Å². The number of rotatable bonds is 4. The van der Waals surface area contributed by atoms with Crippen molar-refractivity contribution in [1.29, 1.82) is 5.26 Å². The van der Waals surface area contributed by atoms with Gasteiger partial charge >= 0.3 is 5.97 Å². The maximum atomic E-state index is 13.5. The van der Waals surface area contributed by atoms with Crippen molar-refractivity contribution in [3.8, 4) is 11.8 Å². The van der Waals surface area contributed by atoms with Crippen LogP contribution in [0.2, 0.25) is 0 Å². The molecule has 0 radical (unpaired) electrons. The van der Waals surface area contributed by atoms with Gasteiger partial charge in [-0.3, -0.25) is 14.4 Å². The molecule has 1 aromatic heterocycles. The zero-order chi connectivity index (χ0) is 23.1. The Morgan fingerprint density at radius 1 is 1.32 bits per heavy atom. The number of ketones is 1. The fourth-order valence-electron chi connectivity index (χ4n) is 4.08. The molecule has 31 heavy (non-hydrogen) atoms. The molecular weight excluding hydrogens is 398 g/mol.